The minimum Gasteiger partial charge on any atom is -0.394 e. The minimum atomic E-state index is -0.802. The standard InChI is InChI=1S/C13H20N2O2.ClH/c14-12(10-16)13(17)15-9-5-4-8-11-6-2-1-3-7-11;/h1-3,6-7,12,16H,4-5,8-10,14H2,(H,15,17);1H/t12-;/m1./s1. The summed E-state index contributed by atoms with van der Waals surface area (Å²) < 4.78 is 0. The molecule has 0 saturated carbocycles. The molecule has 0 aliphatic carbocycles. The second-order valence-corrected chi connectivity index (χ2v) is 4.02. The molecule has 4 nitrogen and oxygen atoms in total. The average Bonchev–Trinajstić information content (AvgIpc) is 2.38. The lowest BCUT2D eigenvalue weighted by Gasteiger charge is -2.09. The van der Waals surface area contributed by atoms with E-state index >= 15 is 0 Å². The first-order valence-electron chi connectivity index (χ1n) is 5.92. The van der Waals surface area contributed by atoms with Crippen molar-refractivity contribution < 1.29 is 9.90 Å². The number of hydrogen-bond donors (Lipinski definition) is 3. The zero-order valence-corrected chi connectivity index (χ0v) is 11.2. The number of nitrogens with two attached hydrogens (primary N) is 1. The van der Waals surface area contributed by atoms with Gasteiger partial charge in [-0.2, -0.15) is 0 Å². The van der Waals surface area contributed by atoms with Gasteiger partial charge in [-0.15, -0.1) is 12.4 Å². The molecule has 1 rings (SSSR count). The summed E-state index contributed by atoms with van der Waals surface area (Å²) in [5, 5.41) is 11.4. The Bertz CT molecular complexity index is 333. The zero-order chi connectivity index (χ0) is 12.5. The van der Waals surface area contributed by atoms with Crippen molar-refractivity contribution in [1.82, 2.24) is 5.32 Å². The van der Waals surface area contributed by atoms with Gasteiger partial charge >= 0.3 is 0 Å². The number of benzene rings is 1. The van der Waals surface area contributed by atoms with Gasteiger partial charge in [-0.05, 0) is 24.8 Å². The van der Waals surface area contributed by atoms with Crippen LogP contribution in [0.4, 0.5) is 0 Å². The molecule has 0 heterocycles. The van der Waals surface area contributed by atoms with Crippen molar-refractivity contribution in [3.63, 3.8) is 0 Å². The molecule has 1 aromatic carbocycles. The number of hydrogen-bond acceptors (Lipinski definition) is 3. The van der Waals surface area contributed by atoms with E-state index in [1.165, 1.54) is 5.56 Å². The van der Waals surface area contributed by atoms with Gasteiger partial charge in [-0.1, -0.05) is 30.3 Å². The van der Waals surface area contributed by atoms with Crippen LogP contribution >= 0.6 is 12.4 Å². The fourth-order valence-corrected chi connectivity index (χ4v) is 1.52. The zero-order valence-electron chi connectivity index (χ0n) is 10.3. The normalized spacial score (nSPS) is 11.4. The Kier molecular flexibility index (Phi) is 9.28. The van der Waals surface area contributed by atoms with E-state index in [2.05, 4.69) is 17.4 Å². The third kappa shape index (κ3) is 6.59. The van der Waals surface area contributed by atoms with Gasteiger partial charge in [0.15, 0.2) is 0 Å². The second kappa shape index (κ2) is 9.88. The molecule has 0 saturated heterocycles. The maximum atomic E-state index is 11.2. The minimum absolute atomic E-state index is 0. The summed E-state index contributed by atoms with van der Waals surface area (Å²) in [4.78, 5) is 11.2. The molecule has 5 heteroatoms. The molecule has 1 atom stereocenters. The quantitative estimate of drug-likeness (QED) is 0.645. The number of amides is 1. The molecular formula is C13H21ClN2O2. The van der Waals surface area contributed by atoms with Crippen molar-refractivity contribution in [2.24, 2.45) is 5.73 Å². The molecule has 0 aromatic heterocycles. The Labute approximate surface area is 114 Å². The van der Waals surface area contributed by atoms with Crippen molar-refractivity contribution in [1.29, 1.82) is 0 Å². The molecule has 4 N–H and O–H groups in total. The lowest BCUT2D eigenvalue weighted by molar-refractivity contribution is -0.123. The molecule has 0 fully saturated rings. The highest BCUT2D eigenvalue weighted by atomic mass is 35.5. The van der Waals surface area contributed by atoms with E-state index in [1.807, 2.05) is 18.2 Å². The molecule has 0 unspecified atom stereocenters. The predicted octanol–water partition coefficient (Wildman–Crippen LogP) is 0.867. The van der Waals surface area contributed by atoms with Crippen LogP contribution in [0.15, 0.2) is 30.3 Å². The Balaban J connectivity index is 0.00000289. The lowest BCUT2D eigenvalue weighted by Crippen LogP contribution is -2.43. The third-order valence-corrected chi connectivity index (χ3v) is 2.57. The van der Waals surface area contributed by atoms with E-state index in [4.69, 9.17) is 10.8 Å². The van der Waals surface area contributed by atoms with E-state index in [9.17, 15) is 4.79 Å². The molecular weight excluding hydrogens is 252 g/mol. The van der Waals surface area contributed by atoms with Crippen molar-refractivity contribution >= 4 is 18.3 Å². The van der Waals surface area contributed by atoms with E-state index < -0.39 is 6.04 Å². The first-order chi connectivity index (χ1) is 8.24. The predicted molar refractivity (Wildman–Crippen MR) is 74.7 cm³/mol. The summed E-state index contributed by atoms with van der Waals surface area (Å²) in [6.45, 7) is 0.301. The Hall–Kier alpha value is -1.10. The van der Waals surface area contributed by atoms with E-state index in [0.29, 0.717) is 6.54 Å². The molecule has 0 bridgehead atoms. The number of carbonyl (C=O) groups excluding carboxylic acids is 1. The van der Waals surface area contributed by atoms with Crippen LogP contribution in [0.3, 0.4) is 0 Å². The maximum Gasteiger partial charge on any atom is 0.239 e. The monoisotopic (exact) mass is 272 g/mol. The van der Waals surface area contributed by atoms with Crippen LogP contribution in [0, 0.1) is 0 Å². The van der Waals surface area contributed by atoms with Crippen LogP contribution in [0.2, 0.25) is 0 Å². The molecule has 0 aliphatic heterocycles. The smallest absolute Gasteiger partial charge is 0.239 e. The van der Waals surface area contributed by atoms with Crippen LogP contribution in [-0.2, 0) is 11.2 Å². The highest BCUT2D eigenvalue weighted by molar-refractivity contribution is 5.85. The highest BCUT2D eigenvalue weighted by Crippen LogP contribution is 2.03. The van der Waals surface area contributed by atoms with Crippen molar-refractivity contribution in [2.75, 3.05) is 13.2 Å². The summed E-state index contributed by atoms with van der Waals surface area (Å²) >= 11 is 0. The van der Waals surface area contributed by atoms with Crippen LogP contribution in [0.5, 0.6) is 0 Å². The Morgan fingerprint density at radius 1 is 1.28 bits per heavy atom. The lowest BCUT2D eigenvalue weighted by atomic mass is 10.1. The van der Waals surface area contributed by atoms with E-state index in [0.717, 1.165) is 19.3 Å². The highest BCUT2D eigenvalue weighted by Gasteiger charge is 2.10. The SMILES string of the molecule is Cl.N[C@H](CO)C(=O)NCCCCc1ccccc1. The van der Waals surface area contributed by atoms with Crippen molar-refractivity contribution in [2.45, 2.75) is 25.3 Å². The van der Waals surface area contributed by atoms with Crippen molar-refractivity contribution in [3.8, 4) is 0 Å². The fraction of sp³-hybridized carbons (Fsp3) is 0.462. The fourth-order valence-electron chi connectivity index (χ4n) is 1.52. The number of nitrogens with one attached hydrogen (secondary N) is 1. The number of aryl methyl sites for hydroxylation is 1. The molecule has 18 heavy (non-hydrogen) atoms. The number of rotatable bonds is 7. The molecule has 0 spiro atoms. The maximum absolute atomic E-state index is 11.2. The largest absolute Gasteiger partial charge is 0.394 e. The number of aliphatic hydroxyl groups excluding tert-OH is 1. The Morgan fingerprint density at radius 3 is 2.56 bits per heavy atom. The van der Waals surface area contributed by atoms with E-state index in [1.54, 1.807) is 0 Å². The summed E-state index contributed by atoms with van der Waals surface area (Å²) in [5.41, 5.74) is 6.67. The van der Waals surface area contributed by atoms with Gasteiger partial charge in [0.05, 0.1) is 6.61 Å². The van der Waals surface area contributed by atoms with Crippen LogP contribution in [0.1, 0.15) is 18.4 Å². The van der Waals surface area contributed by atoms with Crippen LogP contribution in [-0.4, -0.2) is 30.2 Å². The summed E-state index contributed by atoms with van der Waals surface area (Å²) in [5.74, 6) is -0.285. The van der Waals surface area contributed by atoms with Gasteiger partial charge in [0.1, 0.15) is 6.04 Å². The summed E-state index contributed by atoms with van der Waals surface area (Å²) in [6, 6.07) is 9.44. The first kappa shape index (κ1) is 16.9. The van der Waals surface area contributed by atoms with Gasteiger partial charge in [0, 0.05) is 6.54 Å². The van der Waals surface area contributed by atoms with Gasteiger partial charge in [0.2, 0.25) is 5.91 Å². The van der Waals surface area contributed by atoms with Gasteiger partial charge in [-0.25, -0.2) is 0 Å². The number of carbonyl (C=O) groups is 1. The first-order valence-corrected chi connectivity index (χ1v) is 5.92. The Morgan fingerprint density at radius 2 is 1.94 bits per heavy atom. The molecule has 1 amide bonds. The van der Waals surface area contributed by atoms with Crippen LogP contribution in [0.25, 0.3) is 0 Å². The number of halogens is 1. The molecule has 102 valence electrons. The summed E-state index contributed by atoms with van der Waals surface area (Å²) in [6.07, 6.45) is 2.96. The number of aliphatic hydroxyl groups is 1. The van der Waals surface area contributed by atoms with Crippen molar-refractivity contribution in [3.05, 3.63) is 35.9 Å². The van der Waals surface area contributed by atoms with Gasteiger partial charge < -0.3 is 16.2 Å². The summed E-state index contributed by atoms with van der Waals surface area (Å²) in [7, 11) is 0. The molecule has 1 aromatic rings. The molecule has 0 aliphatic rings. The topological polar surface area (TPSA) is 75.3 Å². The van der Waals surface area contributed by atoms with Crippen LogP contribution < -0.4 is 11.1 Å². The number of unbranched alkanes of at least 4 members (excludes halogenated alkanes) is 1. The van der Waals surface area contributed by atoms with Gasteiger partial charge in [0.25, 0.3) is 0 Å². The second-order valence-electron chi connectivity index (χ2n) is 4.02. The molecule has 0 radical (unpaired) electrons. The third-order valence-electron chi connectivity index (χ3n) is 2.57. The average molecular weight is 273 g/mol. The van der Waals surface area contributed by atoms with Gasteiger partial charge in [-0.3, -0.25) is 4.79 Å². The van der Waals surface area contributed by atoms with E-state index in [-0.39, 0.29) is 24.9 Å².